The topological polar surface area (TPSA) is 63.9 Å². The Morgan fingerprint density at radius 1 is 0.128 bits per heavy atom. The summed E-state index contributed by atoms with van der Waals surface area (Å²) in [6.07, 6.45) is 0. The average Bonchev–Trinajstić information content (AvgIpc) is 1.57. The van der Waals surface area contributed by atoms with Crippen molar-refractivity contribution in [2.45, 2.75) is 0 Å². The lowest BCUT2D eigenvalue weighted by Crippen LogP contribution is -2.09. The van der Waals surface area contributed by atoms with Crippen molar-refractivity contribution < 1.29 is 13.3 Å². The van der Waals surface area contributed by atoms with Gasteiger partial charge in [-0.25, -0.2) is 0 Å². The minimum absolute atomic E-state index is 0.896. The molecule has 21 aromatic carbocycles. The van der Waals surface area contributed by atoms with Crippen LogP contribution in [0.4, 0.5) is 51.2 Å². The quantitative estimate of drug-likeness (QED) is 0.0853. The molecule has 0 saturated carbocycles. The zero-order chi connectivity index (χ0) is 93.5. The highest BCUT2D eigenvalue weighted by Crippen LogP contribution is 2.49. The Hall–Kier alpha value is -19.0. The van der Waals surface area contributed by atoms with Gasteiger partial charge in [-0.1, -0.05) is 346 Å². The number of rotatable bonds is 18. The van der Waals surface area contributed by atoms with E-state index >= 15 is 0 Å². The van der Waals surface area contributed by atoms with E-state index in [1.807, 2.05) is 0 Å². The Morgan fingerprint density at radius 3 is 0.546 bits per heavy atom. The molecule has 9 heteroatoms. The lowest BCUT2D eigenvalue weighted by molar-refractivity contribution is 0.673. The standard InChI is InChI=1S/C50H34N2O.C44H30N2O.C38H26N2O/c1-4-13-35(14-5-1)36-23-25-37(26-24-36)38-27-31-42(32-28-38)51(40-15-6-2-7-16-40)43-33-29-39(30-34-43)44-20-12-21-46-48-50(53-49(44)46)45-19-10-11-22-47(45)52(48)41-17-8-3-9-18-41;1-4-13-31(14-5-1)32-23-27-36(28-24-32)45(34-15-6-2-7-16-34)37-29-25-33(26-30-37)38-20-12-21-40-42-44(47-43(38)40)39-19-10-11-22-41(39)46(42)35-17-8-3-9-18-35;1-4-13-28(14-5-1)39(29-15-6-2-7-16-29)31-25-23-27(24-26-31)32-20-12-21-34-36-38(41-37(32)34)33-19-10-11-22-35(33)40(36)30-17-8-3-9-18-30/h1-34H;1-30H;1-26H. The number of para-hydroxylation sites is 13. The minimum atomic E-state index is 0.896. The van der Waals surface area contributed by atoms with E-state index in [2.05, 4.69) is 574 Å². The maximum Gasteiger partial charge on any atom is 0.161 e. The number of fused-ring (bicyclic) bond motifs is 15. The second-order valence-electron chi connectivity index (χ2n) is 35.3. The maximum absolute atomic E-state index is 6.82. The Morgan fingerprint density at radius 2 is 0.305 bits per heavy atom. The molecule has 0 aliphatic carbocycles. The molecule has 0 aliphatic rings. The molecule has 9 nitrogen and oxygen atoms in total. The van der Waals surface area contributed by atoms with Crippen LogP contribution in [0.15, 0.2) is 559 Å². The van der Waals surface area contributed by atoms with Crippen LogP contribution in [-0.4, -0.2) is 13.7 Å². The number of hydrogen-bond acceptors (Lipinski definition) is 6. The molecule has 0 amide bonds. The highest BCUT2D eigenvalue weighted by molar-refractivity contribution is 6.21. The predicted molar refractivity (Wildman–Crippen MR) is 588 cm³/mol. The molecule has 6 heterocycles. The van der Waals surface area contributed by atoms with Gasteiger partial charge in [-0.15, -0.1) is 0 Å². The van der Waals surface area contributed by atoms with E-state index in [9.17, 15) is 0 Å². The van der Waals surface area contributed by atoms with E-state index in [0.717, 1.165) is 201 Å². The van der Waals surface area contributed by atoms with Gasteiger partial charge in [-0.3, -0.25) is 0 Å². The molecule has 27 rings (SSSR count). The Bertz CT molecular complexity index is 9090. The van der Waals surface area contributed by atoms with Crippen molar-refractivity contribution in [1.82, 2.24) is 13.7 Å². The van der Waals surface area contributed by atoms with Crippen molar-refractivity contribution in [1.29, 1.82) is 0 Å². The molecule has 0 saturated heterocycles. The third-order valence-corrected chi connectivity index (χ3v) is 27.0. The summed E-state index contributed by atoms with van der Waals surface area (Å²) in [4.78, 5) is 6.89. The van der Waals surface area contributed by atoms with Crippen molar-refractivity contribution in [3.05, 3.63) is 546 Å². The van der Waals surface area contributed by atoms with Gasteiger partial charge in [0.25, 0.3) is 0 Å². The molecule has 0 aliphatic heterocycles. The zero-order valence-electron chi connectivity index (χ0n) is 76.9. The molecular weight excluding hydrogens is 1720 g/mol. The molecule has 141 heavy (non-hydrogen) atoms. The van der Waals surface area contributed by atoms with Crippen molar-refractivity contribution in [2.75, 3.05) is 14.7 Å². The van der Waals surface area contributed by atoms with Gasteiger partial charge < -0.3 is 41.7 Å². The number of benzene rings is 21. The molecule has 0 atom stereocenters. The molecule has 0 unspecified atom stereocenters. The van der Waals surface area contributed by atoms with Crippen LogP contribution in [0.1, 0.15) is 0 Å². The maximum atomic E-state index is 6.82. The Kier molecular flexibility index (Phi) is 21.8. The summed E-state index contributed by atoms with van der Waals surface area (Å²) in [5.74, 6) is 0. The summed E-state index contributed by atoms with van der Waals surface area (Å²) in [5, 5.41) is 6.65. The van der Waals surface area contributed by atoms with Crippen LogP contribution in [0, 0.1) is 0 Å². The van der Waals surface area contributed by atoms with E-state index in [-0.39, 0.29) is 0 Å². The predicted octanol–water partition coefficient (Wildman–Crippen LogP) is 37.0. The van der Waals surface area contributed by atoms with Gasteiger partial charge in [-0.05, 0) is 250 Å². The molecule has 6 aromatic heterocycles. The molecule has 0 N–H and O–H groups in total. The summed E-state index contributed by atoms with van der Waals surface area (Å²) >= 11 is 0. The second-order valence-corrected chi connectivity index (χ2v) is 35.3. The van der Waals surface area contributed by atoms with Crippen LogP contribution in [0.5, 0.6) is 0 Å². The monoisotopic (exact) mass is 1810 g/mol. The molecule has 666 valence electrons. The minimum Gasteiger partial charge on any atom is -0.453 e. The summed E-state index contributed by atoms with van der Waals surface area (Å²) in [5.41, 5.74) is 39.2. The van der Waals surface area contributed by atoms with Gasteiger partial charge in [0.15, 0.2) is 16.7 Å². The smallest absolute Gasteiger partial charge is 0.161 e. The lowest BCUT2D eigenvalue weighted by atomic mass is 10.00. The van der Waals surface area contributed by atoms with Crippen molar-refractivity contribution in [2.24, 2.45) is 0 Å². The number of aromatic nitrogens is 3. The molecule has 27 aromatic rings. The third-order valence-electron chi connectivity index (χ3n) is 27.0. The zero-order valence-corrected chi connectivity index (χ0v) is 76.9. The largest absolute Gasteiger partial charge is 0.453 e. The van der Waals surface area contributed by atoms with Crippen molar-refractivity contribution >= 4 is 150 Å². The first kappa shape index (κ1) is 83.8. The summed E-state index contributed by atoms with van der Waals surface area (Å²) in [6.45, 7) is 0. The molecule has 0 spiro atoms. The molecule has 0 fully saturated rings. The first-order valence-electron chi connectivity index (χ1n) is 47.8. The van der Waals surface area contributed by atoms with Crippen molar-refractivity contribution in [3.8, 4) is 83.8 Å². The van der Waals surface area contributed by atoms with Gasteiger partial charge in [0.2, 0.25) is 0 Å². The van der Waals surface area contributed by atoms with Crippen LogP contribution in [0.3, 0.4) is 0 Å². The fraction of sp³-hybridized carbons (Fsp3) is 0. The van der Waals surface area contributed by atoms with Crippen molar-refractivity contribution in [3.63, 3.8) is 0 Å². The highest BCUT2D eigenvalue weighted by atomic mass is 16.3. The number of hydrogen-bond donors (Lipinski definition) is 0. The first-order valence-corrected chi connectivity index (χ1v) is 47.8. The number of nitrogens with zero attached hydrogens (tertiary/aromatic N) is 6. The summed E-state index contributed by atoms with van der Waals surface area (Å²) < 4.78 is 27.3. The van der Waals surface area contributed by atoms with E-state index in [1.54, 1.807) is 0 Å². The van der Waals surface area contributed by atoms with Crippen LogP contribution in [0.25, 0.3) is 183 Å². The Labute approximate surface area is 815 Å². The number of anilines is 9. The van der Waals surface area contributed by atoms with Gasteiger partial charge in [0.05, 0.1) is 16.6 Å². The van der Waals surface area contributed by atoms with Crippen LogP contribution in [-0.2, 0) is 0 Å². The van der Waals surface area contributed by atoms with Gasteiger partial charge >= 0.3 is 0 Å². The fourth-order valence-electron chi connectivity index (χ4n) is 20.4. The summed E-state index contributed by atoms with van der Waals surface area (Å²) in [7, 11) is 0. The van der Waals surface area contributed by atoms with Gasteiger partial charge in [0.1, 0.15) is 33.3 Å². The van der Waals surface area contributed by atoms with E-state index in [0.29, 0.717) is 0 Å². The first-order chi connectivity index (χ1) is 70.0. The van der Waals surface area contributed by atoms with E-state index < -0.39 is 0 Å². The Balaban J connectivity index is 0.000000112. The van der Waals surface area contributed by atoms with E-state index in [4.69, 9.17) is 13.3 Å². The normalized spacial score (nSPS) is 11.4. The molecular formula is C132H90N6O3. The summed E-state index contributed by atoms with van der Waals surface area (Å²) in [6, 6.07) is 192. The number of furan rings is 3. The SMILES string of the molecule is c1ccc(-c2ccc(-c3ccc(N(c4ccccc4)c4ccc(-c5cccc6c5oc5c7ccccc7n(-c7ccccc7)c65)cc4)cc3)cc2)cc1.c1ccc(-c2ccc(N(c3ccccc3)c3ccc(-c4cccc5c4oc4c6ccccc6n(-c6ccccc6)c54)cc3)cc2)cc1.c1ccc(N(c2ccccc2)c2ccc(-c3cccc4c3oc3c5ccccc5n(-c5ccccc5)c43)cc2)cc1. The molecule has 0 bridgehead atoms. The van der Waals surface area contributed by atoms with Crippen LogP contribution >= 0.6 is 0 Å². The van der Waals surface area contributed by atoms with E-state index in [1.165, 1.54) is 33.4 Å². The second kappa shape index (κ2) is 36.7. The highest BCUT2D eigenvalue weighted by Gasteiger charge is 2.27. The van der Waals surface area contributed by atoms with Gasteiger partial charge in [0, 0.05) is 117 Å². The molecule has 0 radical (unpaired) electrons. The van der Waals surface area contributed by atoms with Crippen LogP contribution < -0.4 is 14.7 Å². The van der Waals surface area contributed by atoms with Gasteiger partial charge in [-0.2, -0.15) is 0 Å². The lowest BCUT2D eigenvalue weighted by Gasteiger charge is -2.26. The third kappa shape index (κ3) is 15.6. The van der Waals surface area contributed by atoms with Crippen LogP contribution in [0.2, 0.25) is 0 Å². The average molecular weight is 1810 g/mol. The fourth-order valence-corrected chi connectivity index (χ4v) is 20.4.